The second kappa shape index (κ2) is 8.07. The second-order valence-corrected chi connectivity index (χ2v) is 8.34. The van der Waals surface area contributed by atoms with E-state index in [9.17, 15) is 9.18 Å². The summed E-state index contributed by atoms with van der Waals surface area (Å²) in [4.78, 5) is 23.2. The third-order valence-corrected chi connectivity index (χ3v) is 6.34. The number of carbonyl (C=O) groups excluding carboxylic acids is 1. The maximum absolute atomic E-state index is 14.4. The number of carbonyl (C=O) groups is 1. The van der Waals surface area contributed by atoms with Crippen LogP contribution in [0, 0.1) is 5.82 Å². The summed E-state index contributed by atoms with van der Waals surface area (Å²) in [5, 5.41) is 9.01. The van der Waals surface area contributed by atoms with E-state index in [4.69, 9.17) is 4.74 Å². The number of amides is 1. The SMILES string of the molecule is COCCc1ccc2c(C(=O)N3CCc4[nH]cnc4[C@H]3c3cc4c(F)cccn4n3)cnn2c1. The fraction of sp³-hybridized carbons (Fsp3) is 0.250. The second-order valence-electron chi connectivity index (χ2n) is 8.34. The van der Waals surface area contributed by atoms with Crippen molar-refractivity contribution in [3.63, 3.8) is 0 Å². The van der Waals surface area contributed by atoms with Gasteiger partial charge >= 0.3 is 0 Å². The molecule has 0 radical (unpaired) electrons. The molecule has 0 fully saturated rings. The molecule has 6 rings (SSSR count). The van der Waals surface area contributed by atoms with E-state index >= 15 is 0 Å². The van der Waals surface area contributed by atoms with Crippen LogP contribution in [0.4, 0.5) is 4.39 Å². The fourth-order valence-electron chi connectivity index (χ4n) is 4.64. The predicted octanol–water partition coefficient (Wildman–Crippen LogP) is 2.82. The van der Waals surface area contributed by atoms with Crippen molar-refractivity contribution in [3.05, 3.63) is 89.3 Å². The number of hydrogen-bond acceptors (Lipinski definition) is 5. The highest BCUT2D eigenvalue weighted by atomic mass is 19.1. The van der Waals surface area contributed by atoms with Crippen LogP contribution in [-0.4, -0.2) is 60.3 Å². The first kappa shape index (κ1) is 20.5. The molecule has 0 unspecified atom stereocenters. The summed E-state index contributed by atoms with van der Waals surface area (Å²) < 4.78 is 22.8. The Morgan fingerprint density at radius 2 is 2.18 bits per heavy atom. The monoisotopic (exact) mass is 459 g/mol. The maximum Gasteiger partial charge on any atom is 0.258 e. The molecule has 0 aliphatic carbocycles. The maximum atomic E-state index is 14.4. The number of nitrogens with zero attached hydrogens (tertiary/aromatic N) is 6. The summed E-state index contributed by atoms with van der Waals surface area (Å²) in [7, 11) is 1.67. The lowest BCUT2D eigenvalue weighted by atomic mass is 9.98. The zero-order valence-corrected chi connectivity index (χ0v) is 18.5. The van der Waals surface area contributed by atoms with E-state index in [-0.39, 0.29) is 11.7 Å². The van der Waals surface area contributed by atoms with Gasteiger partial charge < -0.3 is 14.6 Å². The van der Waals surface area contributed by atoms with E-state index in [1.54, 1.807) is 47.4 Å². The Morgan fingerprint density at radius 3 is 3.03 bits per heavy atom. The van der Waals surface area contributed by atoms with E-state index in [0.29, 0.717) is 36.3 Å². The zero-order valence-electron chi connectivity index (χ0n) is 18.5. The predicted molar refractivity (Wildman–Crippen MR) is 121 cm³/mol. The molecule has 5 aromatic heterocycles. The number of methoxy groups -OCH3 is 1. The number of halogens is 1. The quantitative estimate of drug-likeness (QED) is 0.436. The van der Waals surface area contributed by atoms with Gasteiger partial charge in [0.05, 0.1) is 41.6 Å². The molecule has 172 valence electrons. The summed E-state index contributed by atoms with van der Waals surface area (Å²) in [6, 6.07) is 8.02. The molecule has 9 nitrogen and oxygen atoms in total. The van der Waals surface area contributed by atoms with Gasteiger partial charge in [0.1, 0.15) is 17.4 Å². The van der Waals surface area contributed by atoms with Gasteiger partial charge in [-0.2, -0.15) is 10.2 Å². The van der Waals surface area contributed by atoms with Crippen molar-refractivity contribution in [1.82, 2.24) is 34.1 Å². The van der Waals surface area contributed by atoms with Gasteiger partial charge in [-0.05, 0) is 36.2 Å². The Morgan fingerprint density at radius 1 is 1.26 bits per heavy atom. The third kappa shape index (κ3) is 3.26. The normalized spacial score (nSPS) is 15.8. The Hall–Kier alpha value is -4.05. The van der Waals surface area contributed by atoms with E-state index in [1.807, 2.05) is 18.3 Å². The molecule has 0 saturated carbocycles. The van der Waals surface area contributed by atoms with Gasteiger partial charge in [0.25, 0.3) is 5.91 Å². The minimum atomic E-state index is -0.544. The van der Waals surface area contributed by atoms with Crippen molar-refractivity contribution in [2.45, 2.75) is 18.9 Å². The molecule has 1 amide bonds. The molecule has 0 aromatic carbocycles. The largest absolute Gasteiger partial charge is 0.384 e. The summed E-state index contributed by atoms with van der Waals surface area (Å²) in [5.74, 6) is -0.542. The smallest absolute Gasteiger partial charge is 0.258 e. The molecule has 5 aromatic rings. The Balaban J connectivity index is 1.41. The van der Waals surface area contributed by atoms with Gasteiger partial charge in [0.2, 0.25) is 0 Å². The van der Waals surface area contributed by atoms with Crippen LogP contribution in [0.25, 0.3) is 11.0 Å². The number of ether oxygens (including phenoxy) is 1. The lowest BCUT2D eigenvalue weighted by Crippen LogP contribution is -2.41. The van der Waals surface area contributed by atoms with Gasteiger partial charge in [0, 0.05) is 38.2 Å². The van der Waals surface area contributed by atoms with E-state index in [2.05, 4.69) is 20.2 Å². The number of hydrogen-bond donors (Lipinski definition) is 1. The molecule has 1 N–H and O–H groups in total. The average Bonchev–Trinajstić information content (AvgIpc) is 3.59. The van der Waals surface area contributed by atoms with Gasteiger partial charge in [0.15, 0.2) is 0 Å². The summed E-state index contributed by atoms with van der Waals surface area (Å²) in [5.41, 5.74) is 4.88. The highest BCUT2D eigenvalue weighted by Gasteiger charge is 2.37. The summed E-state index contributed by atoms with van der Waals surface area (Å²) in [6.07, 6.45) is 8.22. The van der Waals surface area contributed by atoms with Crippen LogP contribution < -0.4 is 0 Å². The highest BCUT2D eigenvalue weighted by Crippen LogP contribution is 2.35. The summed E-state index contributed by atoms with van der Waals surface area (Å²) in [6.45, 7) is 1.08. The van der Waals surface area contributed by atoms with Crippen LogP contribution in [-0.2, 0) is 17.6 Å². The molecule has 0 spiro atoms. The molecule has 10 heteroatoms. The van der Waals surface area contributed by atoms with Gasteiger partial charge in [-0.25, -0.2) is 18.4 Å². The van der Waals surface area contributed by atoms with E-state index < -0.39 is 6.04 Å². The van der Waals surface area contributed by atoms with Crippen molar-refractivity contribution in [2.24, 2.45) is 0 Å². The number of pyridine rings is 2. The van der Waals surface area contributed by atoms with Crippen LogP contribution in [0.1, 0.15) is 39.0 Å². The van der Waals surface area contributed by atoms with Crippen molar-refractivity contribution < 1.29 is 13.9 Å². The molecule has 6 heterocycles. The molecular formula is C24H22FN7O2. The Labute approximate surface area is 193 Å². The molecule has 34 heavy (non-hydrogen) atoms. The van der Waals surface area contributed by atoms with Crippen LogP contribution in [0.3, 0.4) is 0 Å². The van der Waals surface area contributed by atoms with Crippen molar-refractivity contribution in [1.29, 1.82) is 0 Å². The third-order valence-electron chi connectivity index (χ3n) is 6.34. The number of aromatic amines is 1. The average molecular weight is 459 g/mol. The van der Waals surface area contributed by atoms with Gasteiger partial charge in [-0.15, -0.1) is 0 Å². The molecule has 1 aliphatic rings. The summed E-state index contributed by atoms with van der Waals surface area (Å²) >= 11 is 0. The Bertz CT molecular complexity index is 1520. The van der Waals surface area contributed by atoms with Crippen LogP contribution in [0.2, 0.25) is 0 Å². The molecule has 0 bridgehead atoms. The van der Waals surface area contributed by atoms with Gasteiger partial charge in [-0.3, -0.25) is 4.79 Å². The first-order valence-electron chi connectivity index (χ1n) is 11.1. The molecule has 1 aliphatic heterocycles. The lowest BCUT2D eigenvalue weighted by Gasteiger charge is -2.33. The van der Waals surface area contributed by atoms with Crippen molar-refractivity contribution in [3.8, 4) is 0 Å². The minimum absolute atomic E-state index is 0.171. The number of fused-ring (bicyclic) bond motifs is 3. The minimum Gasteiger partial charge on any atom is -0.384 e. The zero-order chi connectivity index (χ0) is 23.2. The highest BCUT2D eigenvalue weighted by molar-refractivity contribution is 6.01. The fourth-order valence-corrected chi connectivity index (χ4v) is 4.64. The molecular weight excluding hydrogens is 437 g/mol. The molecule has 1 atom stereocenters. The topological polar surface area (TPSA) is 92.8 Å². The van der Waals surface area contributed by atoms with Gasteiger partial charge in [-0.1, -0.05) is 6.07 Å². The number of nitrogens with one attached hydrogen (secondary N) is 1. The number of aromatic nitrogens is 6. The standard InChI is InChI=1S/C24H22FN7O2/c1-34-10-7-15-4-5-20-16(12-28-32(20)13-15)24(33)30-9-6-18-22(27-14-26-18)23(30)19-11-21-17(25)3-2-8-31(21)29-19/h2-5,8,11-14,23H,6-7,9-10H2,1H3,(H,26,27)/t23-/m1/s1. The van der Waals surface area contributed by atoms with Crippen LogP contribution >= 0.6 is 0 Å². The van der Waals surface area contributed by atoms with Crippen LogP contribution in [0.15, 0.2) is 55.2 Å². The Kier molecular flexibility index (Phi) is 4.88. The van der Waals surface area contributed by atoms with Crippen molar-refractivity contribution >= 4 is 16.9 Å². The lowest BCUT2D eigenvalue weighted by molar-refractivity contribution is 0.0689. The number of H-pyrrole nitrogens is 1. The number of rotatable bonds is 5. The van der Waals surface area contributed by atoms with E-state index in [0.717, 1.165) is 28.9 Å². The molecule has 0 saturated heterocycles. The first-order valence-corrected chi connectivity index (χ1v) is 11.1. The van der Waals surface area contributed by atoms with Crippen LogP contribution in [0.5, 0.6) is 0 Å². The van der Waals surface area contributed by atoms with E-state index in [1.165, 1.54) is 10.6 Å². The first-order chi connectivity index (χ1) is 16.6. The van der Waals surface area contributed by atoms with Crippen molar-refractivity contribution in [2.75, 3.05) is 20.3 Å². The number of imidazole rings is 1.